The maximum atomic E-state index is 5.11. The monoisotopic (exact) mass is 128 g/mol. The summed E-state index contributed by atoms with van der Waals surface area (Å²) in [7, 11) is 1.72. The van der Waals surface area contributed by atoms with Crippen LogP contribution in [0.5, 0.6) is 0 Å². The van der Waals surface area contributed by atoms with Crippen molar-refractivity contribution in [1.29, 1.82) is 0 Å². The number of hydrogen-bond donors (Lipinski definition) is 0. The normalized spacial score (nSPS) is 12.3. The smallest absolute Gasteiger partial charge is 0.0940 e. The third-order valence-corrected chi connectivity index (χ3v) is 1.21. The summed E-state index contributed by atoms with van der Waals surface area (Å²) in [5, 5.41) is 0. The van der Waals surface area contributed by atoms with Crippen LogP contribution in [0.3, 0.4) is 0 Å². The molecule has 0 saturated carbocycles. The molecule has 0 aromatic carbocycles. The molecule has 0 spiro atoms. The van der Waals surface area contributed by atoms with Crippen LogP contribution in [0.4, 0.5) is 0 Å². The average Bonchev–Trinajstić information content (AvgIpc) is 1.82. The fraction of sp³-hybridized carbons (Fsp3) is 0.750. The molecule has 0 aromatic heterocycles. The van der Waals surface area contributed by atoms with E-state index >= 15 is 0 Å². The first-order valence-corrected chi connectivity index (χ1v) is 3.46. The number of allylic oxidation sites excluding steroid dienone is 2. The first-order chi connectivity index (χ1) is 4.22. The van der Waals surface area contributed by atoms with Crippen molar-refractivity contribution in [2.75, 3.05) is 7.11 Å². The molecule has 0 aromatic rings. The first-order valence-electron chi connectivity index (χ1n) is 3.46. The van der Waals surface area contributed by atoms with Gasteiger partial charge in [0.2, 0.25) is 0 Å². The molecule has 0 N–H and O–H groups in total. The van der Waals surface area contributed by atoms with E-state index in [1.165, 1.54) is 0 Å². The van der Waals surface area contributed by atoms with Gasteiger partial charge in [-0.05, 0) is 12.5 Å². The van der Waals surface area contributed by atoms with E-state index in [0.29, 0.717) is 5.92 Å². The molecule has 1 nitrogen and oxygen atoms in total. The topological polar surface area (TPSA) is 9.23 Å². The molecule has 0 saturated heterocycles. The maximum absolute atomic E-state index is 5.11. The van der Waals surface area contributed by atoms with Gasteiger partial charge in [-0.25, -0.2) is 0 Å². The Kier molecular flexibility index (Phi) is 4.20. The van der Waals surface area contributed by atoms with Gasteiger partial charge in [0.05, 0.1) is 12.9 Å². The van der Waals surface area contributed by atoms with Gasteiger partial charge in [0.1, 0.15) is 0 Å². The van der Waals surface area contributed by atoms with Crippen molar-refractivity contribution >= 4 is 0 Å². The van der Waals surface area contributed by atoms with Crippen molar-refractivity contribution in [3.8, 4) is 0 Å². The number of ether oxygens (including phenoxy) is 1. The van der Waals surface area contributed by atoms with Crippen LogP contribution in [0.1, 0.15) is 27.2 Å². The fourth-order valence-electron chi connectivity index (χ4n) is 0.756. The molecule has 54 valence electrons. The summed E-state index contributed by atoms with van der Waals surface area (Å²) in [6.07, 6.45) is 3.17. The van der Waals surface area contributed by atoms with Crippen molar-refractivity contribution in [1.82, 2.24) is 0 Å². The molecule has 9 heavy (non-hydrogen) atoms. The van der Waals surface area contributed by atoms with Gasteiger partial charge in [-0.2, -0.15) is 0 Å². The Morgan fingerprint density at radius 3 is 2.22 bits per heavy atom. The van der Waals surface area contributed by atoms with Crippen molar-refractivity contribution in [2.24, 2.45) is 5.92 Å². The van der Waals surface area contributed by atoms with Crippen LogP contribution >= 0.6 is 0 Å². The number of rotatable bonds is 3. The van der Waals surface area contributed by atoms with E-state index in [0.717, 1.165) is 12.2 Å². The second kappa shape index (κ2) is 4.42. The minimum absolute atomic E-state index is 0.523. The molecule has 0 radical (unpaired) electrons. The van der Waals surface area contributed by atoms with Gasteiger partial charge in [-0.1, -0.05) is 20.8 Å². The summed E-state index contributed by atoms with van der Waals surface area (Å²) < 4.78 is 5.11. The van der Waals surface area contributed by atoms with Crippen molar-refractivity contribution < 1.29 is 4.74 Å². The summed E-state index contributed by atoms with van der Waals surface area (Å²) in [6, 6.07) is 0. The lowest BCUT2D eigenvalue weighted by atomic mass is 10.1. The highest BCUT2D eigenvalue weighted by molar-refractivity contribution is 4.94. The third-order valence-electron chi connectivity index (χ3n) is 1.21. The summed E-state index contributed by atoms with van der Waals surface area (Å²) in [6.45, 7) is 6.37. The highest BCUT2D eigenvalue weighted by Gasteiger charge is 1.98. The molecule has 0 unspecified atom stereocenters. The van der Waals surface area contributed by atoms with Crippen LogP contribution in [-0.2, 0) is 4.74 Å². The standard InChI is InChI=1S/C8H16O/c1-5-6-8(9-4)7(2)3/h6-7H,5H2,1-4H3/b8-6-. The minimum atomic E-state index is 0.523. The van der Waals surface area contributed by atoms with E-state index in [2.05, 4.69) is 26.8 Å². The largest absolute Gasteiger partial charge is 0.501 e. The Hall–Kier alpha value is -0.460. The minimum Gasteiger partial charge on any atom is -0.501 e. The lowest BCUT2D eigenvalue weighted by Gasteiger charge is -2.08. The summed E-state index contributed by atoms with van der Waals surface area (Å²) >= 11 is 0. The Morgan fingerprint density at radius 2 is 2.11 bits per heavy atom. The van der Waals surface area contributed by atoms with E-state index in [4.69, 9.17) is 4.74 Å². The highest BCUT2D eigenvalue weighted by atomic mass is 16.5. The second-order valence-electron chi connectivity index (χ2n) is 2.37. The molecule has 0 aliphatic carbocycles. The first kappa shape index (κ1) is 8.54. The zero-order valence-electron chi connectivity index (χ0n) is 6.77. The molecule has 0 aliphatic heterocycles. The average molecular weight is 128 g/mol. The zero-order chi connectivity index (χ0) is 7.28. The predicted molar refractivity (Wildman–Crippen MR) is 40.2 cm³/mol. The number of hydrogen-bond acceptors (Lipinski definition) is 1. The van der Waals surface area contributed by atoms with Gasteiger partial charge >= 0.3 is 0 Å². The molecule has 0 fully saturated rings. The van der Waals surface area contributed by atoms with Crippen molar-refractivity contribution in [3.05, 3.63) is 11.8 Å². The van der Waals surface area contributed by atoms with Crippen LogP contribution in [0.15, 0.2) is 11.8 Å². The van der Waals surface area contributed by atoms with Crippen LogP contribution in [0.2, 0.25) is 0 Å². The van der Waals surface area contributed by atoms with Gasteiger partial charge in [-0.3, -0.25) is 0 Å². The van der Waals surface area contributed by atoms with Gasteiger partial charge in [0, 0.05) is 5.92 Å². The lowest BCUT2D eigenvalue weighted by Crippen LogP contribution is -1.95. The molecular weight excluding hydrogens is 112 g/mol. The molecule has 0 amide bonds. The van der Waals surface area contributed by atoms with Gasteiger partial charge in [0.25, 0.3) is 0 Å². The molecule has 0 bridgehead atoms. The van der Waals surface area contributed by atoms with Gasteiger partial charge < -0.3 is 4.74 Å². The van der Waals surface area contributed by atoms with Gasteiger partial charge in [0.15, 0.2) is 0 Å². The summed E-state index contributed by atoms with van der Waals surface area (Å²) in [5.74, 6) is 1.62. The Balaban J connectivity index is 3.81. The molecule has 0 heterocycles. The SMILES string of the molecule is CC/C=C(\OC)C(C)C. The van der Waals surface area contributed by atoms with Crippen LogP contribution in [0.25, 0.3) is 0 Å². The summed E-state index contributed by atoms with van der Waals surface area (Å²) in [4.78, 5) is 0. The maximum Gasteiger partial charge on any atom is 0.0940 e. The van der Waals surface area contributed by atoms with E-state index in [-0.39, 0.29) is 0 Å². The molecule has 0 atom stereocenters. The fourth-order valence-corrected chi connectivity index (χ4v) is 0.756. The van der Waals surface area contributed by atoms with Gasteiger partial charge in [-0.15, -0.1) is 0 Å². The van der Waals surface area contributed by atoms with E-state index in [1.807, 2.05) is 0 Å². The van der Waals surface area contributed by atoms with Crippen LogP contribution < -0.4 is 0 Å². The number of methoxy groups -OCH3 is 1. The van der Waals surface area contributed by atoms with Crippen LogP contribution in [0, 0.1) is 5.92 Å². The highest BCUT2D eigenvalue weighted by Crippen LogP contribution is 2.09. The Bertz CT molecular complexity index is 92.7. The second-order valence-corrected chi connectivity index (χ2v) is 2.37. The van der Waals surface area contributed by atoms with Crippen molar-refractivity contribution in [2.45, 2.75) is 27.2 Å². The lowest BCUT2D eigenvalue weighted by molar-refractivity contribution is 0.252. The third kappa shape index (κ3) is 3.17. The Labute approximate surface area is 57.7 Å². The predicted octanol–water partition coefficient (Wildman–Crippen LogP) is 2.58. The zero-order valence-corrected chi connectivity index (χ0v) is 6.77. The summed E-state index contributed by atoms with van der Waals surface area (Å²) in [5.41, 5.74) is 0. The Morgan fingerprint density at radius 1 is 1.56 bits per heavy atom. The van der Waals surface area contributed by atoms with E-state index in [9.17, 15) is 0 Å². The van der Waals surface area contributed by atoms with Crippen molar-refractivity contribution in [3.63, 3.8) is 0 Å². The molecule has 1 heteroatoms. The molecular formula is C8H16O. The van der Waals surface area contributed by atoms with E-state index in [1.54, 1.807) is 7.11 Å². The van der Waals surface area contributed by atoms with E-state index < -0.39 is 0 Å². The molecule has 0 rings (SSSR count). The van der Waals surface area contributed by atoms with Crippen LogP contribution in [-0.4, -0.2) is 7.11 Å². The molecule has 0 aliphatic rings. The quantitative estimate of drug-likeness (QED) is 0.531.